The number of anilines is 1. The normalized spacial score (nSPS) is 11.8. The number of nitrogens with zero attached hydrogens (tertiary/aromatic N) is 2. The highest BCUT2D eigenvalue weighted by Gasteiger charge is 2.21. The smallest absolute Gasteiger partial charge is 0.314 e. The second-order valence-corrected chi connectivity index (χ2v) is 4.55. The summed E-state index contributed by atoms with van der Waals surface area (Å²) in [7, 11) is 1.33. The van der Waals surface area contributed by atoms with Crippen LogP contribution in [0.1, 0.15) is 17.2 Å². The molecule has 1 aromatic carbocycles. The Balaban J connectivity index is 2.13. The van der Waals surface area contributed by atoms with Gasteiger partial charge in [-0.15, -0.1) is 0 Å². The molecular formula is C15H16FN3O2. The van der Waals surface area contributed by atoms with E-state index >= 15 is 0 Å². The first-order valence-electron chi connectivity index (χ1n) is 6.46. The van der Waals surface area contributed by atoms with E-state index in [1.165, 1.54) is 25.6 Å². The van der Waals surface area contributed by atoms with Crippen LogP contribution in [0.4, 0.5) is 10.2 Å². The first kappa shape index (κ1) is 14.9. The molecule has 0 aliphatic carbocycles. The molecule has 1 heterocycles. The minimum absolute atomic E-state index is 0.300. The van der Waals surface area contributed by atoms with Crippen molar-refractivity contribution >= 4 is 11.8 Å². The van der Waals surface area contributed by atoms with Crippen molar-refractivity contribution in [1.82, 2.24) is 9.97 Å². The summed E-state index contributed by atoms with van der Waals surface area (Å²) >= 11 is 0. The van der Waals surface area contributed by atoms with E-state index in [2.05, 4.69) is 15.3 Å². The minimum Gasteiger partial charge on any atom is -0.468 e. The van der Waals surface area contributed by atoms with Crippen LogP contribution in [0.25, 0.3) is 0 Å². The monoisotopic (exact) mass is 289 g/mol. The molecule has 5 nitrogen and oxygen atoms in total. The number of aryl methyl sites for hydroxylation is 1. The summed E-state index contributed by atoms with van der Waals surface area (Å²) in [6, 6.07) is 7.56. The van der Waals surface area contributed by atoms with Crippen molar-refractivity contribution in [1.29, 1.82) is 0 Å². The SMILES string of the molecule is COC(=O)C(CNc1cc(C)ncn1)c1ccc(F)cc1. The Morgan fingerprint density at radius 2 is 2.05 bits per heavy atom. The maximum Gasteiger partial charge on any atom is 0.314 e. The molecule has 0 saturated carbocycles. The molecule has 2 aromatic rings. The maximum atomic E-state index is 13.0. The van der Waals surface area contributed by atoms with Crippen LogP contribution in [0.3, 0.4) is 0 Å². The fourth-order valence-corrected chi connectivity index (χ4v) is 1.93. The number of ether oxygens (including phenoxy) is 1. The predicted molar refractivity (Wildman–Crippen MR) is 76.4 cm³/mol. The van der Waals surface area contributed by atoms with Crippen molar-refractivity contribution in [3.05, 3.63) is 53.7 Å². The highest BCUT2D eigenvalue weighted by molar-refractivity contribution is 5.78. The molecule has 0 aliphatic rings. The lowest BCUT2D eigenvalue weighted by molar-refractivity contribution is -0.142. The van der Waals surface area contributed by atoms with E-state index < -0.39 is 5.92 Å². The van der Waals surface area contributed by atoms with Crippen LogP contribution >= 0.6 is 0 Å². The van der Waals surface area contributed by atoms with Gasteiger partial charge in [0.1, 0.15) is 18.0 Å². The van der Waals surface area contributed by atoms with Crippen molar-refractivity contribution in [2.45, 2.75) is 12.8 Å². The van der Waals surface area contributed by atoms with Gasteiger partial charge >= 0.3 is 5.97 Å². The van der Waals surface area contributed by atoms with Gasteiger partial charge in [-0.1, -0.05) is 12.1 Å². The van der Waals surface area contributed by atoms with Gasteiger partial charge < -0.3 is 10.1 Å². The highest BCUT2D eigenvalue weighted by Crippen LogP contribution is 2.19. The maximum absolute atomic E-state index is 13.0. The molecule has 110 valence electrons. The Morgan fingerprint density at radius 3 is 2.67 bits per heavy atom. The standard InChI is InChI=1S/C15H16FN3O2/c1-10-7-14(19-9-18-10)17-8-13(15(20)21-2)11-3-5-12(16)6-4-11/h3-7,9,13H,8H2,1-2H3,(H,17,18,19). The Hall–Kier alpha value is -2.50. The number of rotatable bonds is 5. The average Bonchev–Trinajstić information content (AvgIpc) is 2.49. The van der Waals surface area contributed by atoms with Crippen molar-refractivity contribution in [3.8, 4) is 0 Å². The summed E-state index contributed by atoms with van der Waals surface area (Å²) < 4.78 is 17.8. The van der Waals surface area contributed by atoms with Gasteiger partial charge in [-0.3, -0.25) is 4.79 Å². The van der Waals surface area contributed by atoms with E-state index in [9.17, 15) is 9.18 Å². The summed E-state index contributed by atoms with van der Waals surface area (Å²) in [5, 5.41) is 3.07. The van der Waals surface area contributed by atoms with E-state index in [-0.39, 0.29) is 11.8 Å². The average molecular weight is 289 g/mol. The zero-order valence-electron chi connectivity index (χ0n) is 11.8. The number of carbonyl (C=O) groups excluding carboxylic acids is 1. The van der Waals surface area contributed by atoms with Gasteiger partial charge in [0.05, 0.1) is 13.0 Å². The lowest BCUT2D eigenvalue weighted by Crippen LogP contribution is -2.23. The zero-order chi connectivity index (χ0) is 15.2. The first-order chi connectivity index (χ1) is 10.1. The molecule has 1 atom stereocenters. The van der Waals surface area contributed by atoms with Crippen LogP contribution in [-0.4, -0.2) is 29.6 Å². The van der Waals surface area contributed by atoms with Gasteiger partial charge in [0.15, 0.2) is 0 Å². The Labute approximate surface area is 122 Å². The van der Waals surface area contributed by atoms with Crippen molar-refractivity contribution < 1.29 is 13.9 Å². The zero-order valence-corrected chi connectivity index (χ0v) is 11.8. The highest BCUT2D eigenvalue weighted by atomic mass is 19.1. The minimum atomic E-state index is -0.536. The molecule has 0 spiro atoms. The van der Waals surface area contributed by atoms with Crippen molar-refractivity contribution in [2.24, 2.45) is 0 Å². The van der Waals surface area contributed by atoms with Gasteiger partial charge in [0, 0.05) is 18.3 Å². The van der Waals surface area contributed by atoms with Gasteiger partial charge in [-0.25, -0.2) is 14.4 Å². The van der Waals surface area contributed by atoms with Crippen LogP contribution in [-0.2, 0) is 9.53 Å². The number of hydrogen-bond donors (Lipinski definition) is 1. The van der Waals surface area contributed by atoms with Crippen LogP contribution < -0.4 is 5.32 Å². The lowest BCUT2D eigenvalue weighted by Gasteiger charge is -2.16. The Bertz CT molecular complexity index is 617. The van der Waals surface area contributed by atoms with Crippen molar-refractivity contribution in [3.63, 3.8) is 0 Å². The van der Waals surface area contributed by atoms with Gasteiger partial charge in [0.25, 0.3) is 0 Å². The molecule has 0 fully saturated rings. The number of nitrogens with one attached hydrogen (secondary N) is 1. The van der Waals surface area contributed by atoms with Crippen LogP contribution in [0.2, 0.25) is 0 Å². The fraction of sp³-hybridized carbons (Fsp3) is 0.267. The second-order valence-electron chi connectivity index (χ2n) is 4.55. The summed E-state index contributed by atoms with van der Waals surface area (Å²) in [5.41, 5.74) is 1.51. The predicted octanol–water partition coefficient (Wildman–Crippen LogP) is 2.29. The molecule has 0 saturated heterocycles. The van der Waals surface area contributed by atoms with E-state index in [0.717, 1.165) is 5.69 Å². The summed E-state index contributed by atoms with van der Waals surface area (Å²) in [4.78, 5) is 20.0. The molecule has 0 aliphatic heterocycles. The summed E-state index contributed by atoms with van der Waals surface area (Å²) in [6.07, 6.45) is 1.45. The van der Waals surface area contributed by atoms with E-state index in [4.69, 9.17) is 4.74 Å². The quantitative estimate of drug-likeness (QED) is 0.856. The Morgan fingerprint density at radius 1 is 1.33 bits per heavy atom. The number of hydrogen-bond acceptors (Lipinski definition) is 5. The molecule has 1 unspecified atom stereocenters. The second kappa shape index (κ2) is 6.78. The summed E-state index contributed by atoms with van der Waals surface area (Å²) in [5.74, 6) is -0.647. The largest absolute Gasteiger partial charge is 0.468 e. The molecule has 2 rings (SSSR count). The molecule has 0 radical (unpaired) electrons. The number of esters is 1. The number of aromatic nitrogens is 2. The fourth-order valence-electron chi connectivity index (χ4n) is 1.93. The Kier molecular flexibility index (Phi) is 4.81. The molecule has 0 bridgehead atoms. The molecule has 1 N–H and O–H groups in total. The van der Waals surface area contributed by atoms with Crippen LogP contribution in [0.15, 0.2) is 36.7 Å². The first-order valence-corrected chi connectivity index (χ1v) is 6.46. The molecule has 1 aromatic heterocycles. The van der Waals surface area contributed by atoms with Crippen LogP contribution in [0, 0.1) is 12.7 Å². The third kappa shape index (κ3) is 3.98. The molecule has 21 heavy (non-hydrogen) atoms. The van der Waals surface area contributed by atoms with Gasteiger partial charge in [0.2, 0.25) is 0 Å². The number of carbonyl (C=O) groups is 1. The van der Waals surface area contributed by atoms with Crippen LogP contribution in [0.5, 0.6) is 0 Å². The van der Waals surface area contributed by atoms with Gasteiger partial charge in [-0.05, 0) is 24.6 Å². The number of methoxy groups -OCH3 is 1. The van der Waals surface area contributed by atoms with E-state index in [1.54, 1.807) is 18.2 Å². The third-order valence-electron chi connectivity index (χ3n) is 3.05. The number of benzene rings is 1. The molecule has 0 amide bonds. The van der Waals surface area contributed by atoms with E-state index in [0.29, 0.717) is 17.9 Å². The lowest BCUT2D eigenvalue weighted by atomic mass is 9.99. The molecule has 6 heteroatoms. The topological polar surface area (TPSA) is 64.1 Å². The van der Waals surface area contributed by atoms with Gasteiger partial charge in [-0.2, -0.15) is 0 Å². The number of halogens is 1. The van der Waals surface area contributed by atoms with Crippen molar-refractivity contribution in [2.75, 3.05) is 19.0 Å². The summed E-state index contributed by atoms with van der Waals surface area (Å²) in [6.45, 7) is 2.15. The van der Waals surface area contributed by atoms with E-state index in [1.807, 2.05) is 6.92 Å². The third-order valence-corrected chi connectivity index (χ3v) is 3.05. The molecular weight excluding hydrogens is 273 g/mol.